The largest absolute Gasteiger partial charge is 0.472 e. The highest BCUT2D eigenvalue weighted by Crippen LogP contribution is 2.40. The molecule has 0 saturated heterocycles. The van der Waals surface area contributed by atoms with Crippen LogP contribution in [0.15, 0.2) is 23.0 Å². The van der Waals surface area contributed by atoms with Crippen LogP contribution in [0.4, 0.5) is 0 Å². The van der Waals surface area contributed by atoms with Gasteiger partial charge in [-0.25, -0.2) is 0 Å². The average molecular weight is 249 g/mol. The van der Waals surface area contributed by atoms with Crippen molar-refractivity contribution in [2.45, 2.75) is 58.4 Å². The van der Waals surface area contributed by atoms with Crippen LogP contribution >= 0.6 is 0 Å². The highest BCUT2D eigenvalue weighted by molar-refractivity contribution is 5.15. The highest BCUT2D eigenvalue weighted by Gasteiger charge is 2.30. The SMILES string of the molecule is CC1CCC(CNC(C)(C)C)C(c2ccoc2)C1. The summed E-state index contributed by atoms with van der Waals surface area (Å²) < 4.78 is 5.28. The first-order valence-electron chi connectivity index (χ1n) is 7.23. The van der Waals surface area contributed by atoms with Crippen LogP contribution in [0, 0.1) is 11.8 Å². The lowest BCUT2D eigenvalue weighted by Crippen LogP contribution is -2.41. The van der Waals surface area contributed by atoms with Gasteiger partial charge in [0.2, 0.25) is 0 Å². The molecule has 1 aliphatic carbocycles. The normalized spacial score (nSPS) is 29.4. The van der Waals surface area contributed by atoms with Crippen molar-refractivity contribution in [1.82, 2.24) is 5.32 Å². The summed E-state index contributed by atoms with van der Waals surface area (Å²) in [5.41, 5.74) is 1.60. The van der Waals surface area contributed by atoms with E-state index in [9.17, 15) is 0 Å². The zero-order valence-electron chi connectivity index (χ0n) is 12.2. The molecular formula is C16H27NO. The molecule has 1 fully saturated rings. The van der Waals surface area contributed by atoms with Crippen molar-refractivity contribution < 1.29 is 4.42 Å². The minimum Gasteiger partial charge on any atom is -0.472 e. The van der Waals surface area contributed by atoms with Crippen molar-refractivity contribution in [2.24, 2.45) is 11.8 Å². The molecule has 3 atom stereocenters. The number of hydrogen-bond donors (Lipinski definition) is 1. The zero-order valence-corrected chi connectivity index (χ0v) is 12.2. The topological polar surface area (TPSA) is 25.2 Å². The Morgan fingerprint density at radius 1 is 1.33 bits per heavy atom. The van der Waals surface area contributed by atoms with E-state index in [2.05, 4.69) is 39.1 Å². The van der Waals surface area contributed by atoms with Crippen molar-refractivity contribution in [1.29, 1.82) is 0 Å². The quantitative estimate of drug-likeness (QED) is 0.869. The number of furan rings is 1. The fraction of sp³-hybridized carbons (Fsp3) is 0.750. The Morgan fingerprint density at radius 2 is 2.11 bits per heavy atom. The maximum atomic E-state index is 5.28. The van der Waals surface area contributed by atoms with E-state index in [1.807, 2.05) is 12.5 Å². The van der Waals surface area contributed by atoms with Crippen LogP contribution in [0.2, 0.25) is 0 Å². The molecule has 2 rings (SSSR count). The molecule has 2 nitrogen and oxygen atoms in total. The third-order valence-electron chi connectivity index (χ3n) is 4.12. The first-order valence-corrected chi connectivity index (χ1v) is 7.23. The minimum atomic E-state index is 0.212. The molecule has 0 amide bonds. The molecule has 0 radical (unpaired) electrons. The number of rotatable bonds is 3. The van der Waals surface area contributed by atoms with Crippen LogP contribution in [0.1, 0.15) is 58.4 Å². The lowest BCUT2D eigenvalue weighted by atomic mass is 9.72. The molecule has 102 valence electrons. The standard InChI is InChI=1S/C16H27NO/c1-12-5-6-13(10-17-16(2,3)4)15(9-12)14-7-8-18-11-14/h7-8,11-13,15,17H,5-6,9-10H2,1-4H3. The molecule has 1 saturated carbocycles. The van der Waals surface area contributed by atoms with E-state index in [0.29, 0.717) is 5.92 Å². The summed E-state index contributed by atoms with van der Waals surface area (Å²) in [5.74, 6) is 2.26. The molecule has 1 aliphatic rings. The highest BCUT2D eigenvalue weighted by atomic mass is 16.3. The van der Waals surface area contributed by atoms with E-state index in [4.69, 9.17) is 4.42 Å². The van der Waals surface area contributed by atoms with Gasteiger partial charge in [-0.3, -0.25) is 0 Å². The summed E-state index contributed by atoms with van der Waals surface area (Å²) in [6, 6.07) is 2.15. The molecular weight excluding hydrogens is 222 g/mol. The number of hydrogen-bond acceptors (Lipinski definition) is 2. The molecule has 2 heteroatoms. The lowest BCUT2D eigenvalue weighted by Gasteiger charge is -2.36. The Labute approximate surface area is 111 Å². The van der Waals surface area contributed by atoms with Gasteiger partial charge in [0, 0.05) is 5.54 Å². The first kappa shape index (κ1) is 13.7. The fourth-order valence-corrected chi connectivity index (χ4v) is 3.02. The maximum Gasteiger partial charge on any atom is 0.0937 e. The Kier molecular flexibility index (Phi) is 4.16. The third kappa shape index (κ3) is 3.61. The van der Waals surface area contributed by atoms with Gasteiger partial charge in [0.15, 0.2) is 0 Å². The van der Waals surface area contributed by atoms with Crippen molar-refractivity contribution in [3.05, 3.63) is 24.2 Å². The fourth-order valence-electron chi connectivity index (χ4n) is 3.02. The molecule has 0 spiro atoms. The Morgan fingerprint density at radius 3 is 2.72 bits per heavy atom. The molecule has 0 aliphatic heterocycles. The van der Waals surface area contributed by atoms with Gasteiger partial charge in [-0.05, 0) is 69.5 Å². The van der Waals surface area contributed by atoms with Gasteiger partial charge in [0.25, 0.3) is 0 Å². The second-order valence-corrected chi connectivity index (χ2v) is 6.97. The molecule has 1 N–H and O–H groups in total. The monoisotopic (exact) mass is 249 g/mol. The third-order valence-corrected chi connectivity index (χ3v) is 4.12. The zero-order chi connectivity index (χ0) is 13.2. The summed E-state index contributed by atoms with van der Waals surface area (Å²) in [4.78, 5) is 0. The van der Waals surface area contributed by atoms with E-state index in [-0.39, 0.29) is 5.54 Å². The van der Waals surface area contributed by atoms with Crippen LogP contribution in [-0.4, -0.2) is 12.1 Å². The van der Waals surface area contributed by atoms with Gasteiger partial charge in [0.05, 0.1) is 12.5 Å². The van der Waals surface area contributed by atoms with Crippen LogP contribution in [-0.2, 0) is 0 Å². The van der Waals surface area contributed by atoms with Crippen molar-refractivity contribution in [3.8, 4) is 0 Å². The number of nitrogens with one attached hydrogen (secondary N) is 1. The second kappa shape index (κ2) is 5.48. The van der Waals surface area contributed by atoms with Crippen molar-refractivity contribution in [2.75, 3.05) is 6.54 Å². The molecule has 1 heterocycles. The van der Waals surface area contributed by atoms with Gasteiger partial charge >= 0.3 is 0 Å². The van der Waals surface area contributed by atoms with Crippen molar-refractivity contribution in [3.63, 3.8) is 0 Å². The van der Waals surface area contributed by atoms with Gasteiger partial charge in [-0.1, -0.05) is 13.3 Å². The molecule has 0 aromatic carbocycles. The Hall–Kier alpha value is -0.760. The lowest BCUT2D eigenvalue weighted by molar-refractivity contribution is 0.226. The van der Waals surface area contributed by atoms with E-state index < -0.39 is 0 Å². The smallest absolute Gasteiger partial charge is 0.0937 e. The molecule has 0 bridgehead atoms. The average Bonchev–Trinajstić information content (AvgIpc) is 2.79. The van der Waals surface area contributed by atoms with Gasteiger partial charge in [-0.2, -0.15) is 0 Å². The summed E-state index contributed by atoms with van der Waals surface area (Å²) in [6.45, 7) is 10.2. The predicted octanol–water partition coefficient (Wildman–Crippen LogP) is 4.19. The van der Waals surface area contributed by atoms with E-state index in [1.54, 1.807) is 0 Å². The molecule has 1 aromatic rings. The second-order valence-electron chi connectivity index (χ2n) is 6.97. The molecule has 3 unspecified atom stereocenters. The van der Waals surface area contributed by atoms with Crippen LogP contribution in [0.3, 0.4) is 0 Å². The van der Waals surface area contributed by atoms with Gasteiger partial charge < -0.3 is 9.73 Å². The summed E-state index contributed by atoms with van der Waals surface area (Å²) in [6.07, 6.45) is 7.75. The van der Waals surface area contributed by atoms with E-state index in [0.717, 1.165) is 18.4 Å². The first-order chi connectivity index (χ1) is 8.46. The van der Waals surface area contributed by atoms with Crippen molar-refractivity contribution >= 4 is 0 Å². The van der Waals surface area contributed by atoms with Crippen LogP contribution < -0.4 is 5.32 Å². The summed E-state index contributed by atoms with van der Waals surface area (Å²) in [5, 5.41) is 3.67. The van der Waals surface area contributed by atoms with Crippen LogP contribution in [0.5, 0.6) is 0 Å². The molecule has 1 aromatic heterocycles. The van der Waals surface area contributed by atoms with Gasteiger partial charge in [0.1, 0.15) is 0 Å². The maximum absolute atomic E-state index is 5.28. The van der Waals surface area contributed by atoms with E-state index >= 15 is 0 Å². The summed E-state index contributed by atoms with van der Waals surface area (Å²) in [7, 11) is 0. The predicted molar refractivity (Wildman–Crippen MR) is 75.7 cm³/mol. The summed E-state index contributed by atoms with van der Waals surface area (Å²) >= 11 is 0. The van der Waals surface area contributed by atoms with E-state index in [1.165, 1.54) is 24.8 Å². The Balaban J connectivity index is 2.02. The van der Waals surface area contributed by atoms with Crippen LogP contribution in [0.25, 0.3) is 0 Å². The Bertz CT molecular complexity index is 350. The minimum absolute atomic E-state index is 0.212. The molecule has 18 heavy (non-hydrogen) atoms. The van der Waals surface area contributed by atoms with Gasteiger partial charge in [-0.15, -0.1) is 0 Å².